The molecular weight excluding hydrogens is 353 g/mol. The highest BCUT2D eigenvalue weighted by Gasteiger charge is 2.11. The van der Waals surface area contributed by atoms with Crippen molar-refractivity contribution in [1.29, 1.82) is 0 Å². The van der Waals surface area contributed by atoms with Crippen LogP contribution in [0.2, 0.25) is 0 Å². The molecule has 0 bridgehead atoms. The maximum atomic E-state index is 11.2. The monoisotopic (exact) mass is 357 g/mol. The van der Waals surface area contributed by atoms with Gasteiger partial charge < -0.3 is 0 Å². The Labute approximate surface area is 105 Å². The van der Waals surface area contributed by atoms with Crippen molar-refractivity contribution >= 4 is 61.9 Å². The fraction of sp³-hybridized carbons (Fsp3) is 0. The van der Waals surface area contributed by atoms with Crippen molar-refractivity contribution in [2.24, 2.45) is 0 Å². The van der Waals surface area contributed by atoms with Gasteiger partial charge in [0, 0.05) is 41.9 Å². The van der Waals surface area contributed by atoms with E-state index in [1.165, 1.54) is 9.12 Å². The second-order valence-corrected chi connectivity index (χ2v) is 6.07. The fourth-order valence-corrected chi connectivity index (χ4v) is 3.63. The van der Waals surface area contributed by atoms with Crippen molar-refractivity contribution in [2.45, 2.75) is 4.90 Å². The average Bonchev–Trinajstić information content (AvgIpc) is 2.56. The molecule has 1 unspecified atom stereocenters. The van der Waals surface area contributed by atoms with Crippen LogP contribution < -0.4 is 0 Å². The Morgan fingerprint density at radius 3 is 2.79 bits per heavy atom. The van der Waals surface area contributed by atoms with Crippen LogP contribution in [0.15, 0.2) is 35.4 Å². The number of hydrogen-bond donors (Lipinski definition) is 0. The SMILES string of the molecule is O=S(Cl)c1cn(SI)c2ccccc12. The summed E-state index contributed by atoms with van der Waals surface area (Å²) in [5.41, 5.74) is 1.04. The molecule has 74 valence electrons. The molecule has 0 N–H and O–H groups in total. The zero-order valence-corrected chi connectivity index (χ0v) is 11.4. The van der Waals surface area contributed by atoms with Crippen molar-refractivity contribution in [2.75, 3.05) is 0 Å². The lowest BCUT2D eigenvalue weighted by Gasteiger charge is -1.95. The summed E-state index contributed by atoms with van der Waals surface area (Å²) < 4.78 is 13.2. The number of hydrogen-bond acceptors (Lipinski definition) is 2. The second kappa shape index (κ2) is 4.42. The van der Waals surface area contributed by atoms with Crippen LogP contribution in [0, 0.1) is 0 Å². The third kappa shape index (κ3) is 1.82. The smallest absolute Gasteiger partial charge is 0.149 e. The van der Waals surface area contributed by atoms with Crippen molar-refractivity contribution < 1.29 is 4.21 Å². The first-order valence-electron chi connectivity index (χ1n) is 3.71. The Balaban J connectivity index is 2.80. The molecule has 0 aliphatic rings. The zero-order valence-electron chi connectivity index (χ0n) is 6.81. The van der Waals surface area contributed by atoms with Crippen LogP contribution in [0.25, 0.3) is 10.9 Å². The Morgan fingerprint density at radius 1 is 1.43 bits per heavy atom. The number of nitrogens with zero attached hydrogens (tertiary/aromatic N) is 1. The molecule has 1 aromatic carbocycles. The first-order chi connectivity index (χ1) is 6.74. The lowest BCUT2D eigenvalue weighted by molar-refractivity contribution is 0.691. The molecule has 14 heavy (non-hydrogen) atoms. The van der Waals surface area contributed by atoms with E-state index in [9.17, 15) is 4.21 Å². The van der Waals surface area contributed by atoms with E-state index in [1.807, 2.05) is 34.4 Å². The highest BCUT2D eigenvalue weighted by molar-refractivity contribution is 14.2. The zero-order chi connectivity index (χ0) is 10.1. The molecule has 2 rings (SSSR count). The Bertz CT molecular complexity index is 499. The van der Waals surface area contributed by atoms with Gasteiger partial charge in [-0.05, 0) is 16.7 Å². The molecular formula is C8H5ClINOS2. The predicted octanol–water partition coefficient (Wildman–Crippen LogP) is 3.75. The summed E-state index contributed by atoms with van der Waals surface area (Å²) in [4.78, 5) is 0.673. The van der Waals surface area contributed by atoms with Gasteiger partial charge in [0.1, 0.15) is 10.0 Å². The van der Waals surface area contributed by atoms with Crippen LogP contribution in [0.5, 0.6) is 0 Å². The van der Waals surface area contributed by atoms with E-state index in [0.717, 1.165) is 10.9 Å². The minimum absolute atomic E-state index is 0.673. The Hall–Kier alpha value is 0.280. The van der Waals surface area contributed by atoms with E-state index in [-0.39, 0.29) is 0 Å². The van der Waals surface area contributed by atoms with E-state index in [4.69, 9.17) is 10.7 Å². The number of benzene rings is 1. The molecule has 0 radical (unpaired) electrons. The summed E-state index contributed by atoms with van der Waals surface area (Å²) in [6.07, 6.45) is 1.81. The summed E-state index contributed by atoms with van der Waals surface area (Å²) in [6.45, 7) is 0. The van der Waals surface area contributed by atoms with E-state index in [2.05, 4.69) is 21.2 Å². The first-order valence-corrected chi connectivity index (χ1v) is 9.00. The number of rotatable bonds is 2. The van der Waals surface area contributed by atoms with Gasteiger partial charge in [-0.2, -0.15) is 0 Å². The van der Waals surface area contributed by atoms with Gasteiger partial charge in [0.25, 0.3) is 0 Å². The van der Waals surface area contributed by atoms with Gasteiger partial charge in [-0.25, -0.2) is 4.21 Å². The van der Waals surface area contributed by atoms with Crippen molar-refractivity contribution in [3.8, 4) is 0 Å². The highest BCUT2D eigenvalue weighted by atomic mass is 127. The molecule has 0 aliphatic carbocycles. The van der Waals surface area contributed by atoms with E-state index >= 15 is 0 Å². The minimum Gasteiger partial charge on any atom is -0.281 e. The molecule has 1 aromatic heterocycles. The van der Waals surface area contributed by atoms with Gasteiger partial charge in [-0.3, -0.25) is 3.97 Å². The predicted molar refractivity (Wildman–Crippen MR) is 71.2 cm³/mol. The van der Waals surface area contributed by atoms with Crippen molar-refractivity contribution in [3.63, 3.8) is 0 Å². The molecule has 1 atom stereocenters. The van der Waals surface area contributed by atoms with Crippen LogP contribution in [0.1, 0.15) is 0 Å². The molecule has 2 aromatic rings. The molecule has 6 heteroatoms. The quantitative estimate of drug-likeness (QED) is 0.603. The van der Waals surface area contributed by atoms with Crippen molar-refractivity contribution in [3.05, 3.63) is 30.5 Å². The molecule has 2 nitrogen and oxygen atoms in total. The van der Waals surface area contributed by atoms with Crippen LogP contribution in [-0.2, 0) is 10.0 Å². The lowest BCUT2D eigenvalue weighted by Crippen LogP contribution is -1.77. The van der Waals surface area contributed by atoms with Crippen LogP contribution in [-0.4, -0.2) is 8.18 Å². The van der Waals surface area contributed by atoms with Gasteiger partial charge in [-0.1, -0.05) is 18.2 Å². The summed E-state index contributed by atoms with van der Waals surface area (Å²) in [5.74, 6) is 0. The average molecular weight is 358 g/mol. The second-order valence-electron chi connectivity index (χ2n) is 2.63. The summed E-state index contributed by atoms with van der Waals surface area (Å²) in [5, 5.41) is 0.949. The molecule has 0 saturated carbocycles. The number of para-hydroxylation sites is 1. The standard InChI is InChI=1S/C8H5ClINOS2/c9-14(12)8-5-11(13-10)7-4-2-1-3-6(7)8/h1-5H. The number of halogens is 2. The largest absolute Gasteiger partial charge is 0.281 e. The lowest BCUT2D eigenvalue weighted by atomic mass is 10.2. The molecule has 0 fully saturated rings. The molecule has 0 saturated heterocycles. The van der Waals surface area contributed by atoms with Crippen LogP contribution >= 0.6 is 41.0 Å². The molecule has 0 aliphatic heterocycles. The Morgan fingerprint density at radius 2 is 2.14 bits per heavy atom. The number of aromatic nitrogens is 1. The summed E-state index contributed by atoms with van der Waals surface area (Å²) in [7, 11) is 5.68. The Kier molecular flexibility index (Phi) is 3.41. The van der Waals surface area contributed by atoms with Gasteiger partial charge in [-0.15, -0.1) is 0 Å². The maximum absolute atomic E-state index is 11.2. The summed E-state index contributed by atoms with van der Waals surface area (Å²) >= 11 is 2.18. The van der Waals surface area contributed by atoms with E-state index < -0.39 is 10.0 Å². The highest BCUT2D eigenvalue weighted by Crippen LogP contribution is 2.30. The molecule has 0 amide bonds. The van der Waals surface area contributed by atoms with Gasteiger partial charge in [0.15, 0.2) is 0 Å². The molecule has 1 heterocycles. The van der Waals surface area contributed by atoms with E-state index in [0.29, 0.717) is 4.90 Å². The fourth-order valence-electron chi connectivity index (χ4n) is 1.30. The van der Waals surface area contributed by atoms with Crippen LogP contribution in [0.4, 0.5) is 0 Å². The topological polar surface area (TPSA) is 22.0 Å². The summed E-state index contributed by atoms with van der Waals surface area (Å²) in [6, 6.07) is 7.77. The van der Waals surface area contributed by atoms with Crippen LogP contribution in [0.3, 0.4) is 0 Å². The van der Waals surface area contributed by atoms with Gasteiger partial charge in [0.2, 0.25) is 0 Å². The molecule has 0 spiro atoms. The minimum atomic E-state index is -1.45. The number of fused-ring (bicyclic) bond motifs is 1. The van der Waals surface area contributed by atoms with Crippen molar-refractivity contribution in [1.82, 2.24) is 3.97 Å². The first kappa shape index (κ1) is 10.8. The van der Waals surface area contributed by atoms with E-state index in [1.54, 1.807) is 0 Å². The maximum Gasteiger partial charge on any atom is 0.149 e. The third-order valence-corrected chi connectivity index (χ3v) is 4.78. The third-order valence-electron chi connectivity index (χ3n) is 1.89. The van der Waals surface area contributed by atoms with Gasteiger partial charge >= 0.3 is 0 Å². The van der Waals surface area contributed by atoms with Gasteiger partial charge in [0.05, 0.1) is 10.4 Å². The normalized spacial score (nSPS) is 13.3.